The fourth-order valence-corrected chi connectivity index (χ4v) is 4.92. The van der Waals surface area contributed by atoms with Crippen molar-refractivity contribution in [1.82, 2.24) is 0 Å². The minimum Gasteiger partial charge on any atom is -0.494 e. The number of aryl methyl sites for hydroxylation is 1. The summed E-state index contributed by atoms with van der Waals surface area (Å²) in [6.45, 7) is 5.57. The van der Waals surface area contributed by atoms with Crippen LogP contribution in [0.4, 0.5) is 5.69 Å². The van der Waals surface area contributed by atoms with E-state index in [2.05, 4.69) is 0 Å². The van der Waals surface area contributed by atoms with Crippen molar-refractivity contribution in [2.75, 3.05) is 10.9 Å². The molecule has 0 saturated carbocycles. The second-order valence-electron chi connectivity index (χ2n) is 7.16. The number of rotatable bonds is 8. The van der Waals surface area contributed by atoms with Crippen molar-refractivity contribution >= 4 is 44.8 Å². The summed E-state index contributed by atoms with van der Waals surface area (Å²) < 4.78 is 39.0. The minimum atomic E-state index is -4.27. The third kappa shape index (κ3) is 5.79. The third-order valence-electron chi connectivity index (χ3n) is 4.72. The van der Waals surface area contributed by atoms with Crippen LogP contribution in [0.5, 0.6) is 11.5 Å². The molecular formula is C24H23Cl2NO5S. The molecule has 9 heteroatoms. The fourth-order valence-electron chi connectivity index (χ4n) is 3.09. The molecule has 1 amide bonds. The maximum atomic E-state index is 13.5. The number of hydrogen-bond donors (Lipinski definition) is 0. The standard InChI is InChI=1S/C24H23Cl2NO5S/c1-4-31-21-10-8-20(9-11-21)27(33(29,30)22-12-5-18(25)6-13-22)24(28)17(3)32-23-14-7-19(26)15-16(23)2/h5-15,17H,4H2,1-3H3. The maximum absolute atomic E-state index is 13.5. The Bertz CT molecular complexity index is 1230. The van der Waals surface area contributed by atoms with E-state index in [4.69, 9.17) is 32.7 Å². The Balaban J connectivity index is 2.01. The van der Waals surface area contributed by atoms with Crippen molar-refractivity contribution in [3.05, 3.63) is 82.3 Å². The minimum absolute atomic E-state index is 0.0796. The van der Waals surface area contributed by atoms with Crippen LogP contribution in [0, 0.1) is 6.92 Å². The highest BCUT2D eigenvalue weighted by Crippen LogP contribution is 2.29. The van der Waals surface area contributed by atoms with Crippen molar-refractivity contribution in [2.24, 2.45) is 0 Å². The van der Waals surface area contributed by atoms with Crippen LogP contribution in [0.15, 0.2) is 71.6 Å². The lowest BCUT2D eigenvalue weighted by atomic mass is 10.2. The summed E-state index contributed by atoms with van der Waals surface area (Å²) in [6.07, 6.45) is -1.11. The molecular weight excluding hydrogens is 485 g/mol. The van der Waals surface area contributed by atoms with Gasteiger partial charge in [-0.2, -0.15) is 4.31 Å². The monoisotopic (exact) mass is 507 g/mol. The molecule has 3 aromatic rings. The molecule has 0 aliphatic rings. The lowest BCUT2D eigenvalue weighted by Gasteiger charge is -2.26. The van der Waals surface area contributed by atoms with Gasteiger partial charge in [-0.05, 0) is 93.1 Å². The number of halogens is 2. The van der Waals surface area contributed by atoms with Gasteiger partial charge in [0.25, 0.3) is 15.9 Å². The molecule has 0 aliphatic carbocycles. The first-order valence-corrected chi connectivity index (χ1v) is 12.3. The van der Waals surface area contributed by atoms with Crippen LogP contribution in [0.2, 0.25) is 10.0 Å². The highest BCUT2D eigenvalue weighted by molar-refractivity contribution is 7.93. The smallest absolute Gasteiger partial charge is 0.281 e. The lowest BCUT2D eigenvalue weighted by molar-refractivity contribution is -0.123. The second-order valence-corrected chi connectivity index (χ2v) is 9.82. The van der Waals surface area contributed by atoms with Gasteiger partial charge in [-0.1, -0.05) is 23.2 Å². The molecule has 3 aromatic carbocycles. The Hall–Kier alpha value is -2.74. The normalized spacial score (nSPS) is 12.2. The van der Waals surface area contributed by atoms with E-state index in [-0.39, 0.29) is 10.6 Å². The summed E-state index contributed by atoms with van der Waals surface area (Å²) in [7, 11) is -4.27. The number of carbonyl (C=O) groups excluding carboxylic acids is 1. The largest absolute Gasteiger partial charge is 0.494 e. The summed E-state index contributed by atoms with van der Waals surface area (Å²) in [4.78, 5) is 13.4. The van der Waals surface area contributed by atoms with Gasteiger partial charge in [-0.25, -0.2) is 8.42 Å². The number of amides is 1. The number of nitrogens with zero attached hydrogens (tertiary/aromatic N) is 1. The molecule has 3 rings (SSSR count). The van der Waals surface area contributed by atoms with Gasteiger partial charge in [0.2, 0.25) is 0 Å². The topological polar surface area (TPSA) is 72.9 Å². The van der Waals surface area contributed by atoms with E-state index in [1.54, 1.807) is 37.3 Å². The molecule has 1 unspecified atom stereocenters. The van der Waals surface area contributed by atoms with Gasteiger partial charge < -0.3 is 9.47 Å². The molecule has 174 valence electrons. The number of ether oxygens (including phenoxy) is 2. The second kappa shape index (κ2) is 10.5. The van der Waals surface area contributed by atoms with E-state index in [0.717, 1.165) is 9.87 Å². The van der Waals surface area contributed by atoms with E-state index < -0.39 is 22.0 Å². The average Bonchev–Trinajstić information content (AvgIpc) is 2.77. The molecule has 0 aliphatic heterocycles. The number of hydrogen-bond acceptors (Lipinski definition) is 5. The molecule has 1 atom stereocenters. The zero-order chi connectivity index (χ0) is 24.2. The van der Waals surface area contributed by atoms with Crippen LogP contribution >= 0.6 is 23.2 Å². The molecule has 0 saturated heterocycles. The van der Waals surface area contributed by atoms with E-state index in [1.807, 2.05) is 6.92 Å². The van der Waals surface area contributed by atoms with Gasteiger partial charge in [0, 0.05) is 10.0 Å². The molecule has 0 bridgehead atoms. The van der Waals surface area contributed by atoms with Crippen LogP contribution in [-0.4, -0.2) is 27.0 Å². The Morgan fingerprint density at radius 3 is 2.15 bits per heavy atom. The first-order chi connectivity index (χ1) is 15.6. The molecule has 33 heavy (non-hydrogen) atoms. The van der Waals surface area contributed by atoms with Gasteiger partial charge in [0.05, 0.1) is 17.2 Å². The molecule has 6 nitrogen and oxygen atoms in total. The molecule has 0 N–H and O–H groups in total. The number of sulfonamides is 1. The van der Waals surface area contributed by atoms with Crippen molar-refractivity contribution in [3.8, 4) is 11.5 Å². The molecule has 0 heterocycles. The van der Waals surface area contributed by atoms with Crippen LogP contribution in [0.25, 0.3) is 0 Å². The SMILES string of the molecule is CCOc1ccc(N(C(=O)C(C)Oc2ccc(Cl)cc2C)S(=O)(=O)c2ccc(Cl)cc2)cc1. The predicted octanol–water partition coefficient (Wildman–Crippen LogP) is 5.89. The van der Waals surface area contributed by atoms with Gasteiger partial charge in [0.15, 0.2) is 6.10 Å². The van der Waals surface area contributed by atoms with Gasteiger partial charge >= 0.3 is 0 Å². The van der Waals surface area contributed by atoms with Gasteiger partial charge in [0.1, 0.15) is 11.5 Å². The third-order valence-corrected chi connectivity index (χ3v) is 6.95. The van der Waals surface area contributed by atoms with E-state index in [9.17, 15) is 13.2 Å². The van der Waals surface area contributed by atoms with Crippen molar-refractivity contribution < 1.29 is 22.7 Å². The molecule has 0 fully saturated rings. The fraction of sp³-hybridized carbons (Fsp3) is 0.208. The summed E-state index contributed by atoms with van der Waals surface area (Å²) in [5, 5.41) is 0.906. The number of benzene rings is 3. The number of anilines is 1. The Morgan fingerprint density at radius 1 is 0.970 bits per heavy atom. The zero-order valence-electron chi connectivity index (χ0n) is 18.3. The van der Waals surface area contributed by atoms with Crippen molar-refractivity contribution in [2.45, 2.75) is 31.8 Å². The first-order valence-electron chi connectivity index (χ1n) is 10.1. The predicted molar refractivity (Wildman–Crippen MR) is 130 cm³/mol. The number of carbonyl (C=O) groups is 1. The highest BCUT2D eigenvalue weighted by Gasteiger charge is 2.35. The average molecular weight is 508 g/mol. The quantitative estimate of drug-likeness (QED) is 0.380. The van der Waals surface area contributed by atoms with E-state index in [1.165, 1.54) is 43.3 Å². The molecule has 0 radical (unpaired) electrons. The Kier molecular flexibility index (Phi) is 7.89. The lowest BCUT2D eigenvalue weighted by Crippen LogP contribution is -2.44. The van der Waals surface area contributed by atoms with Crippen LogP contribution in [0.1, 0.15) is 19.4 Å². The van der Waals surface area contributed by atoms with Crippen LogP contribution in [0.3, 0.4) is 0 Å². The maximum Gasteiger partial charge on any atom is 0.281 e. The summed E-state index contributed by atoms with van der Waals surface area (Å²) in [5.41, 5.74) is 0.872. The van der Waals surface area contributed by atoms with E-state index in [0.29, 0.717) is 28.2 Å². The molecule has 0 aromatic heterocycles. The van der Waals surface area contributed by atoms with Gasteiger partial charge in [-0.15, -0.1) is 0 Å². The molecule has 0 spiro atoms. The first kappa shape index (κ1) is 24.9. The Labute approximate surface area is 203 Å². The van der Waals surface area contributed by atoms with Crippen molar-refractivity contribution in [3.63, 3.8) is 0 Å². The van der Waals surface area contributed by atoms with Crippen LogP contribution in [-0.2, 0) is 14.8 Å². The summed E-state index contributed by atoms with van der Waals surface area (Å²) >= 11 is 11.9. The Morgan fingerprint density at radius 2 is 1.58 bits per heavy atom. The highest BCUT2D eigenvalue weighted by atomic mass is 35.5. The van der Waals surface area contributed by atoms with Gasteiger partial charge in [-0.3, -0.25) is 4.79 Å². The summed E-state index contributed by atoms with van der Waals surface area (Å²) in [6, 6.07) is 16.8. The van der Waals surface area contributed by atoms with E-state index >= 15 is 0 Å². The van der Waals surface area contributed by atoms with Crippen LogP contribution < -0.4 is 13.8 Å². The zero-order valence-corrected chi connectivity index (χ0v) is 20.6. The summed E-state index contributed by atoms with van der Waals surface area (Å²) in [5.74, 6) is 0.220. The van der Waals surface area contributed by atoms with Crippen molar-refractivity contribution in [1.29, 1.82) is 0 Å².